The lowest BCUT2D eigenvalue weighted by Gasteiger charge is -2.32. The zero-order chi connectivity index (χ0) is 11.5. The third kappa shape index (κ3) is 3.46. The van der Waals surface area contributed by atoms with E-state index in [1.807, 2.05) is 0 Å². The van der Waals surface area contributed by atoms with E-state index in [-0.39, 0.29) is 5.41 Å². The molecule has 0 saturated carbocycles. The second-order valence-corrected chi connectivity index (χ2v) is 5.87. The van der Waals surface area contributed by atoms with Gasteiger partial charge in [-0.3, -0.25) is 0 Å². The van der Waals surface area contributed by atoms with E-state index in [1.165, 1.54) is 13.1 Å². The number of aliphatic hydroxyl groups is 1. The van der Waals surface area contributed by atoms with Crippen LogP contribution >= 0.6 is 0 Å². The van der Waals surface area contributed by atoms with Crippen LogP contribution in [0.5, 0.6) is 0 Å². The van der Waals surface area contributed by atoms with E-state index in [4.69, 9.17) is 0 Å². The van der Waals surface area contributed by atoms with Crippen LogP contribution < -0.4 is 0 Å². The summed E-state index contributed by atoms with van der Waals surface area (Å²) >= 11 is 0. The molecule has 90 valence electrons. The molecule has 0 aromatic rings. The Labute approximate surface area is 94.7 Å². The Morgan fingerprint density at radius 1 is 1.27 bits per heavy atom. The van der Waals surface area contributed by atoms with E-state index >= 15 is 0 Å². The zero-order valence-electron chi connectivity index (χ0n) is 10.8. The van der Waals surface area contributed by atoms with Crippen molar-refractivity contribution in [1.82, 2.24) is 4.90 Å². The van der Waals surface area contributed by atoms with Crippen LogP contribution in [0.3, 0.4) is 0 Å². The highest BCUT2D eigenvalue weighted by molar-refractivity contribution is 4.84. The van der Waals surface area contributed by atoms with Gasteiger partial charge in [0.15, 0.2) is 0 Å². The van der Waals surface area contributed by atoms with Gasteiger partial charge in [0.1, 0.15) is 0 Å². The van der Waals surface area contributed by atoms with E-state index in [9.17, 15) is 5.11 Å². The zero-order valence-corrected chi connectivity index (χ0v) is 10.8. The summed E-state index contributed by atoms with van der Waals surface area (Å²) in [6.45, 7) is 12.9. The molecule has 1 heterocycles. The minimum absolute atomic E-state index is 0.110. The van der Waals surface area contributed by atoms with Crippen LogP contribution in [-0.2, 0) is 0 Å². The van der Waals surface area contributed by atoms with Gasteiger partial charge in [0.05, 0.1) is 0 Å². The molecule has 0 aromatic carbocycles. The number of hydrogen-bond donors (Lipinski definition) is 1. The molecule has 1 N–H and O–H groups in total. The highest BCUT2D eigenvalue weighted by Crippen LogP contribution is 2.29. The summed E-state index contributed by atoms with van der Waals surface area (Å²) in [7, 11) is 0. The van der Waals surface area contributed by atoms with Crippen molar-refractivity contribution in [3.8, 4) is 0 Å². The third-order valence-corrected chi connectivity index (χ3v) is 3.90. The quantitative estimate of drug-likeness (QED) is 0.758. The Bertz CT molecular complexity index is 185. The topological polar surface area (TPSA) is 23.5 Å². The second-order valence-electron chi connectivity index (χ2n) is 5.87. The van der Waals surface area contributed by atoms with Crippen LogP contribution in [0.1, 0.15) is 40.5 Å². The molecule has 1 aliphatic rings. The number of likely N-dealkylation sites (tertiary alicyclic amines) is 1. The van der Waals surface area contributed by atoms with Gasteiger partial charge >= 0.3 is 0 Å². The summed E-state index contributed by atoms with van der Waals surface area (Å²) in [5.41, 5.74) is 0.110. The normalized spacial score (nSPS) is 31.8. The first-order valence-corrected chi connectivity index (χ1v) is 6.34. The highest BCUT2D eigenvalue weighted by Gasteiger charge is 2.31. The first-order valence-electron chi connectivity index (χ1n) is 6.34. The first-order chi connectivity index (χ1) is 7.00. The molecule has 3 atom stereocenters. The van der Waals surface area contributed by atoms with E-state index in [0.29, 0.717) is 6.61 Å². The lowest BCUT2D eigenvalue weighted by Crippen LogP contribution is -2.37. The summed E-state index contributed by atoms with van der Waals surface area (Å²) in [6.07, 6.45) is 2.29. The van der Waals surface area contributed by atoms with Gasteiger partial charge in [-0.2, -0.15) is 0 Å². The minimum atomic E-state index is 0.110. The molecule has 1 fully saturated rings. The van der Waals surface area contributed by atoms with Gasteiger partial charge in [-0.15, -0.1) is 0 Å². The molecular formula is C13H27NO. The van der Waals surface area contributed by atoms with Gasteiger partial charge in [-0.1, -0.05) is 34.1 Å². The molecule has 0 radical (unpaired) electrons. The van der Waals surface area contributed by atoms with Gasteiger partial charge in [0.25, 0.3) is 0 Å². The number of aliphatic hydroxyl groups excluding tert-OH is 1. The first kappa shape index (κ1) is 13.0. The lowest BCUT2D eigenvalue weighted by molar-refractivity contribution is 0.0877. The lowest BCUT2D eigenvalue weighted by atomic mass is 9.86. The third-order valence-electron chi connectivity index (χ3n) is 3.90. The number of hydrogen-bond acceptors (Lipinski definition) is 2. The fraction of sp³-hybridized carbons (Fsp3) is 1.00. The Morgan fingerprint density at radius 2 is 1.80 bits per heavy atom. The van der Waals surface area contributed by atoms with Crippen molar-refractivity contribution in [3.05, 3.63) is 0 Å². The SMILES string of the molecule is CCCC(C)(CO)CN1CC(C)C(C)C1. The maximum absolute atomic E-state index is 9.48. The van der Waals surface area contributed by atoms with Gasteiger partial charge in [0.2, 0.25) is 0 Å². The van der Waals surface area contributed by atoms with E-state index < -0.39 is 0 Å². The highest BCUT2D eigenvalue weighted by atomic mass is 16.3. The van der Waals surface area contributed by atoms with E-state index in [0.717, 1.165) is 31.2 Å². The van der Waals surface area contributed by atoms with Crippen LogP contribution in [0, 0.1) is 17.3 Å². The monoisotopic (exact) mass is 213 g/mol. The second kappa shape index (κ2) is 5.31. The van der Waals surface area contributed by atoms with Gasteiger partial charge in [0, 0.05) is 31.7 Å². The van der Waals surface area contributed by atoms with Gasteiger partial charge in [-0.05, 0) is 18.3 Å². The summed E-state index contributed by atoms with van der Waals surface area (Å²) < 4.78 is 0. The van der Waals surface area contributed by atoms with E-state index in [2.05, 4.69) is 32.6 Å². The summed E-state index contributed by atoms with van der Waals surface area (Å²) in [5, 5.41) is 9.48. The molecule has 0 bridgehead atoms. The van der Waals surface area contributed by atoms with Crippen molar-refractivity contribution in [1.29, 1.82) is 0 Å². The molecule has 0 spiro atoms. The molecule has 0 amide bonds. The molecule has 2 heteroatoms. The van der Waals surface area contributed by atoms with Crippen LogP contribution in [0.15, 0.2) is 0 Å². The number of rotatable bonds is 5. The van der Waals surface area contributed by atoms with Crippen LogP contribution in [0.4, 0.5) is 0 Å². The summed E-state index contributed by atoms with van der Waals surface area (Å²) in [5.74, 6) is 1.63. The Hall–Kier alpha value is -0.0800. The molecule has 0 aromatic heterocycles. The fourth-order valence-corrected chi connectivity index (χ4v) is 2.73. The molecule has 2 nitrogen and oxygen atoms in total. The summed E-state index contributed by atoms with van der Waals surface area (Å²) in [6, 6.07) is 0. The smallest absolute Gasteiger partial charge is 0.0497 e. The number of nitrogens with zero attached hydrogens (tertiary/aromatic N) is 1. The largest absolute Gasteiger partial charge is 0.396 e. The van der Waals surface area contributed by atoms with Crippen molar-refractivity contribution in [2.24, 2.45) is 17.3 Å². The fourth-order valence-electron chi connectivity index (χ4n) is 2.73. The molecule has 1 rings (SSSR count). The molecular weight excluding hydrogens is 186 g/mol. The Kier molecular flexibility index (Phi) is 4.60. The summed E-state index contributed by atoms with van der Waals surface area (Å²) in [4.78, 5) is 2.53. The Balaban J connectivity index is 2.46. The molecule has 1 saturated heterocycles. The standard InChI is InChI=1S/C13H27NO/c1-5-6-13(4,10-15)9-14-7-11(2)12(3)8-14/h11-12,15H,5-10H2,1-4H3. The maximum Gasteiger partial charge on any atom is 0.0497 e. The minimum Gasteiger partial charge on any atom is -0.396 e. The van der Waals surface area contributed by atoms with Crippen molar-refractivity contribution in [2.75, 3.05) is 26.2 Å². The van der Waals surface area contributed by atoms with Crippen molar-refractivity contribution in [2.45, 2.75) is 40.5 Å². The molecule has 15 heavy (non-hydrogen) atoms. The maximum atomic E-state index is 9.48. The van der Waals surface area contributed by atoms with Crippen molar-refractivity contribution in [3.63, 3.8) is 0 Å². The van der Waals surface area contributed by atoms with Crippen LogP contribution in [0.2, 0.25) is 0 Å². The van der Waals surface area contributed by atoms with Crippen molar-refractivity contribution < 1.29 is 5.11 Å². The van der Waals surface area contributed by atoms with Gasteiger partial charge < -0.3 is 10.0 Å². The molecule has 3 unspecified atom stereocenters. The predicted octanol–water partition coefficient (Wildman–Crippen LogP) is 2.37. The van der Waals surface area contributed by atoms with Crippen molar-refractivity contribution >= 4 is 0 Å². The average Bonchev–Trinajstić information content (AvgIpc) is 2.46. The molecule has 0 aliphatic carbocycles. The molecule has 1 aliphatic heterocycles. The predicted molar refractivity (Wildman–Crippen MR) is 64.9 cm³/mol. The van der Waals surface area contributed by atoms with Gasteiger partial charge in [-0.25, -0.2) is 0 Å². The van der Waals surface area contributed by atoms with Crippen LogP contribution in [-0.4, -0.2) is 36.2 Å². The van der Waals surface area contributed by atoms with E-state index in [1.54, 1.807) is 0 Å². The Morgan fingerprint density at radius 3 is 2.20 bits per heavy atom. The van der Waals surface area contributed by atoms with Crippen LogP contribution in [0.25, 0.3) is 0 Å². The average molecular weight is 213 g/mol.